The van der Waals surface area contributed by atoms with Gasteiger partial charge in [0.15, 0.2) is 0 Å². The lowest BCUT2D eigenvalue weighted by molar-refractivity contribution is -0.384. The number of carbonyl (C=O) groups is 2. The van der Waals surface area contributed by atoms with Crippen LogP contribution in [0.1, 0.15) is 19.8 Å². The molecule has 1 aromatic rings. The van der Waals surface area contributed by atoms with E-state index in [1.54, 1.807) is 30.0 Å². The van der Waals surface area contributed by atoms with E-state index in [9.17, 15) is 19.7 Å². The second kappa shape index (κ2) is 9.59. The molecule has 0 aliphatic carbocycles. The van der Waals surface area contributed by atoms with Crippen LogP contribution >= 0.6 is 0 Å². The third kappa shape index (κ3) is 5.33. The third-order valence-electron chi connectivity index (χ3n) is 4.23. The summed E-state index contributed by atoms with van der Waals surface area (Å²) in [4.78, 5) is 36.0. The minimum absolute atomic E-state index is 0.00478. The molecule has 142 valence electrons. The fourth-order valence-electron chi connectivity index (χ4n) is 2.85. The van der Waals surface area contributed by atoms with Crippen LogP contribution in [0.3, 0.4) is 0 Å². The molecule has 0 radical (unpaired) electrons. The van der Waals surface area contributed by atoms with E-state index in [0.717, 1.165) is 0 Å². The number of para-hydroxylation sites is 2. The average molecular weight is 364 g/mol. The zero-order chi connectivity index (χ0) is 18.9. The molecule has 1 saturated heterocycles. The number of hydrogen-bond acceptors (Lipinski definition) is 6. The van der Waals surface area contributed by atoms with E-state index < -0.39 is 4.92 Å². The summed E-state index contributed by atoms with van der Waals surface area (Å²) in [5.41, 5.74) is 0.430. The number of anilines is 1. The standard InChI is InChI=1S/C17H24N4O5/c1-2-26-17(23)20-11-7-13(8-12-20)16(22)19-10-9-18-14-5-3-4-6-15(14)21(24)25/h3-6,13,18H,2,7-12H2,1H3,(H,19,22). The van der Waals surface area contributed by atoms with Gasteiger partial charge >= 0.3 is 6.09 Å². The fraction of sp³-hybridized carbons (Fsp3) is 0.529. The molecule has 1 aliphatic rings. The van der Waals surface area contributed by atoms with Gasteiger partial charge in [0, 0.05) is 38.2 Å². The van der Waals surface area contributed by atoms with Crippen LogP contribution in [0.25, 0.3) is 0 Å². The van der Waals surface area contributed by atoms with Crippen LogP contribution in [0.5, 0.6) is 0 Å². The lowest BCUT2D eigenvalue weighted by Crippen LogP contribution is -2.43. The van der Waals surface area contributed by atoms with E-state index in [1.807, 2.05) is 0 Å². The maximum absolute atomic E-state index is 12.2. The smallest absolute Gasteiger partial charge is 0.409 e. The van der Waals surface area contributed by atoms with Crippen molar-refractivity contribution in [2.24, 2.45) is 5.92 Å². The summed E-state index contributed by atoms with van der Waals surface area (Å²) in [7, 11) is 0. The quantitative estimate of drug-likeness (QED) is 0.434. The van der Waals surface area contributed by atoms with Crippen molar-refractivity contribution in [3.8, 4) is 0 Å². The molecule has 2 amide bonds. The number of nitrogens with zero attached hydrogens (tertiary/aromatic N) is 2. The maximum Gasteiger partial charge on any atom is 0.409 e. The SMILES string of the molecule is CCOC(=O)N1CCC(C(=O)NCCNc2ccccc2[N+](=O)[O-])CC1. The van der Waals surface area contributed by atoms with Crippen molar-refractivity contribution in [2.45, 2.75) is 19.8 Å². The molecule has 0 spiro atoms. The van der Waals surface area contributed by atoms with Gasteiger partial charge < -0.3 is 20.3 Å². The molecule has 2 rings (SSSR count). The molecule has 9 heteroatoms. The first-order chi connectivity index (χ1) is 12.5. The Kier molecular flexibility index (Phi) is 7.19. The van der Waals surface area contributed by atoms with Crippen LogP contribution < -0.4 is 10.6 Å². The topological polar surface area (TPSA) is 114 Å². The van der Waals surface area contributed by atoms with E-state index in [-0.39, 0.29) is 23.6 Å². The monoisotopic (exact) mass is 364 g/mol. The number of nitro benzene ring substituents is 1. The molecule has 9 nitrogen and oxygen atoms in total. The van der Waals surface area contributed by atoms with Crippen LogP contribution in [0.4, 0.5) is 16.2 Å². The number of ether oxygens (including phenoxy) is 1. The van der Waals surface area contributed by atoms with Crippen LogP contribution in [0, 0.1) is 16.0 Å². The molecule has 26 heavy (non-hydrogen) atoms. The lowest BCUT2D eigenvalue weighted by Gasteiger charge is -2.30. The number of carbonyl (C=O) groups excluding carboxylic acids is 2. The Balaban J connectivity index is 1.70. The molecule has 1 aliphatic heterocycles. The molecular formula is C17H24N4O5. The maximum atomic E-state index is 12.2. The van der Waals surface area contributed by atoms with Crippen molar-refractivity contribution in [1.29, 1.82) is 0 Å². The van der Waals surface area contributed by atoms with Gasteiger partial charge in [-0.3, -0.25) is 14.9 Å². The summed E-state index contributed by atoms with van der Waals surface area (Å²) in [5, 5.41) is 16.7. The second-order valence-electron chi connectivity index (χ2n) is 5.95. The van der Waals surface area contributed by atoms with Crippen LogP contribution in [-0.4, -0.2) is 54.6 Å². The van der Waals surface area contributed by atoms with Gasteiger partial charge in [0.05, 0.1) is 11.5 Å². The molecule has 1 heterocycles. The molecule has 0 aromatic heterocycles. The van der Waals surface area contributed by atoms with Crippen molar-refractivity contribution >= 4 is 23.4 Å². The fourth-order valence-corrected chi connectivity index (χ4v) is 2.85. The summed E-state index contributed by atoms with van der Waals surface area (Å²) < 4.78 is 4.96. The number of benzene rings is 1. The summed E-state index contributed by atoms with van der Waals surface area (Å²) >= 11 is 0. The first-order valence-electron chi connectivity index (χ1n) is 8.69. The van der Waals surface area contributed by atoms with Gasteiger partial charge in [-0.15, -0.1) is 0 Å². The van der Waals surface area contributed by atoms with Gasteiger partial charge in [0.1, 0.15) is 5.69 Å². The highest BCUT2D eigenvalue weighted by molar-refractivity contribution is 5.79. The van der Waals surface area contributed by atoms with Crippen LogP contribution in [0.2, 0.25) is 0 Å². The average Bonchev–Trinajstić information content (AvgIpc) is 2.65. The Morgan fingerprint density at radius 2 is 1.96 bits per heavy atom. The molecule has 0 unspecified atom stereocenters. The van der Waals surface area contributed by atoms with E-state index in [1.165, 1.54) is 6.07 Å². The Hall–Kier alpha value is -2.84. The minimum Gasteiger partial charge on any atom is -0.450 e. The predicted octanol–water partition coefficient (Wildman–Crippen LogP) is 1.99. The first kappa shape index (κ1) is 19.5. The Bertz CT molecular complexity index is 644. The van der Waals surface area contributed by atoms with Crippen molar-refractivity contribution in [3.05, 3.63) is 34.4 Å². The van der Waals surface area contributed by atoms with E-state index in [2.05, 4.69) is 10.6 Å². The number of hydrogen-bond donors (Lipinski definition) is 2. The van der Waals surface area contributed by atoms with Crippen molar-refractivity contribution in [1.82, 2.24) is 10.2 Å². The number of amides is 2. The van der Waals surface area contributed by atoms with Crippen molar-refractivity contribution in [2.75, 3.05) is 38.1 Å². The summed E-state index contributed by atoms with van der Waals surface area (Å²) in [6.07, 6.45) is 0.866. The Morgan fingerprint density at radius 3 is 2.62 bits per heavy atom. The summed E-state index contributed by atoms with van der Waals surface area (Å²) in [6.45, 7) is 3.86. The number of piperidine rings is 1. The lowest BCUT2D eigenvalue weighted by atomic mass is 9.96. The third-order valence-corrected chi connectivity index (χ3v) is 4.23. The molecule has 1 fully saturated rings. The zero-order valence-electron chi connectivity index (χ0n) is 14.8. The van der Waals surface area contributed by atoms with Gasteiger partial charge in [-0.05, 0) is 25.8 Å². The molecule has 0 atom stereocenters. The van der Waals surface area contributed by atoms with Gasteiger partial charge in [0.25, 0.3) is 5.69 Å². The molecule has 2 N–H and O–H groups in total. The highest BCUT2D eigenvalue weighted by atomic mass is 16.6. The van der Waals surface area contributed by atoms with Gasteiger partial charge in [-0.2, -0.15) is 0 Å². The van der Waals surface area contributed by atoms with Gasteiger partial charge in [-0.1, -0.05) is 12.1 Å². The summed E-state index contributed by atoms with van der Waals surface area (Å²) in [6, 6.07) is 6.38. The highest BCUT2D eigenvalue weighted by Crippen LogP contribution is 2.22. The number of rotatable bonds is 7. The highest BCUT2D eigenvalue weighted by Gasteiger charge is 2.27. The molecule has 1 aromatic carbocycles. The largest absolute Gasteiger partial charge is 0.450 e. The van der Waals surface area contributed by atoms with Crippen molar-refractivity contribution < 1.29 is 19.2 Å². The number of nitrogens with one attached hydrogen (secondary N) is 2. The van der Waals surface area contributed by atoms with Crippen molar-refractivity contribution in [3.63, 3.8) is 0 Å². The Morgan fingerprint density at radius 1 is 1.27 bits per heavy atom. The second-order valence-corrected chi connectivity index (χ2v) is 5.95. The normalized spacial score (nSPS) is 14.6. The number of likely N-dealkylation sites (tertiary alicyclic amines) is 1. The van der Waals surface area contributed by atoms with Crippen LogP contribution in [0.15, 0.2) is 24.3 Å². The van der Waals surface area contributed by atoms with Gasteiger partial charge in [0.2, 0.25) is 5.91 Å². The van der Waals surface area contributed by atoms with E-state index in [0.29, 0.717) is 51.3 Å². The molecule has 0 bridgehead atoms. The molecule has 0 saturated carbocycles. The molecular weight excluding hydrogens is 340 g/mol. The van der Waals surface area contributed by atoms with Gasteiger partial charge in [-0.25, -0.2) is 4.79 Å². The van der Waals surface area contributed by atoms with Crippen LogP contribution in [-0.2, 0) is 9.53 Å². The van der Waals surface area contributed by atoms with E-state index >= 15 is 0 Å². The number of nitro groups is 1. The predicted molar refractivity (Wildman–Crippen MR) is 95.9 cm³/mol. The minimum atomic E-state index is -0.446. The summed E-state index contributed by atoms with van der Waals surface area (Å²) in [5.74, 6) is -0.190. The first-order valence-corrected chi connectivity index (χ1v) is 8.69. The Labute approximate surface area is 151 Å². The zero-order valence-corrected chi connectivity index (χ0v) is 14.8. The van der Waals surface area contributed by atoms with E-state index in [4.69, 9.17) is 4.74 Å².